The molecule has 0 aliphatic carbocycles. The van der Waals surface area contributed by atoms with E-state index >= 15 is 0 Å². The van der Waals surface area contributed by atoms with Gasteiger partial charge in [0.05, 0.1) is 24.3 Å². The number of nitrogens with zero attached hydrogens (tertiary/aromatic N) is 1. The Morgan fingerprint density at radius 2 is 2.04 bits per heavy atom. The van der Waals surface area contributed by atoms with Gasteiger partial charge in [-0.3, -0.25) is 4.90 Å². The molecule has 1 aliphatic rings. The van der Waals surface area contributed by atoms with Crippen molar-refractivity contribution in [1.82, 2.24) is 4.90 Å². The number of halogens is 2. The highest BCUT2D eigenvalue weighted by Crippen LogP contribution is 2.39. The predicted octanol–water partition coefficient (Wildman–Crippen LogP) is 3.10. The van der Waals surface area contributed by atoms with Gasteiger partial charge in [-0.2, -0.15) is 0 Å². The summed E-state index contributed by atoms with van der Waals surface area (Å²) in [4.78, 5) is 2.20. The first-order valence-corrected chi connectivity index (χ1v) is 8.06. The van der Waals surface area contributed by atoms with Gasteiger partial charge < -0.3 is 14.6 Å². The molecule has 0 spiro atoms. The molecule has 1 atom stereocenters. The normalized spacial score (nSPS) is 24.7. The quantitative estimate of drug-likeness (QED) is 0.890. The zero-order valence-electron chi connectivity index (χ0n) is 14.2. The van der Waals surface area contributed by atoms with E-state index in [-0.39, 0.29) is 16.2 Å². The molecule has 0 bridgehead atoms. The molecular weight excluding hydrogens is 321 g/mol. The van der Waals surface area contributed by atoms with Gasteiger partial charge in [0.1, 0.15) is 0 Å². The Balaban J connectivity index is 2.11. The molecule has 1 saturated heterocycles. The molecule has 1 N–H and O–H groups in total. The molecule has 2 rings (SSSR count). The second-order valence-electron chi connectivity index (χ2n) is 6.90. The van der Waals surface area contributed by atoms with Crippen LogP contribution in [0.25, 0.3) is 0 Å². The van der Waals surface area contributed by atoms with Gasteiger partial charge in [0.15, 0.2) is 11.6 Å². The van der Waals surface area contributed by atoms with E-state index < -0.39 is 11.4 Å². The molecule has 4 nitrogen and oxygen atoms in total. The Hall–Kier alpha value is -0.880. The van der Waals surface area contributed by atoms with Crippen molar-refractivity contribution in [2.75, 3.05) is 33.9 Å². The van der Waals surface area contributed by atoms with Crippen molar-refractivity contribution in [1.29, 1.82) is 0 Å². The van der Waals surface area contributed by atoms with Gasteiger partial charge >= 0.3 is 0 Å². The number of benzene rings is 1. The zero-order chi connectivity index (χ0) is 17.3. The lowest BCUT2D eigenvalue weighted by molar-refractivity contribution is -0.151. The molecule has 0 unspecified atom stereocenters. The number of aliphatic hydroxyl groups is 1. The van der Waals surface area contributed by atoms with Crippen molar-refractivity contribution >= 4 is 11.6 Å². The largest absolute Gasteiger partial charge is 0.492 e. The molecule has 1 aliphatic heterocycles. The molecule has 1 aromatic rings. The number of rotatable bonds is 5. The van der Waals surface area contributed by atoms with Gasteiger partial charge in [0.2, 0.25) is 0 Å². The van der Waals surface area contributed by atoms with Gasteiger partial charge in [-0.25, -0.2) is 4.39 Å². The summed E-state index contributed by atoms with van der Waals surface area (Å²) >= 11 is 6.06. The first-order valence-electron chi connectivity index (χ1n) is 7.68. The van der Waals surface area contributed by atoms with Crippen LogP contribution >= 0.6 is 11.6 Å². The standard InChI is InChI=1S/C17H25ClFNO3/c1-16(2)10-20(6-5-17(16,21)11-22-3)9-12-7-13(18)15(23-4)14(19)8-12/h7-8,21H,5-6,9-11H2,1-4H3/t17-/m1/s1. The smallest absolute Gasteiger partial charge is 0.173 e. The van der Waals surface area contributed by atoms with Crippen molar-refractivity contribution in [2.24, 2.45) is 5.41 Å². The SMILES string of the molecule is COC[C@]1(O)CCN(Cc2cc(F)c(OC)c(Cl)c2)CC1(C)C. The minimum Gasteiger partial charge on any atom is -0.492 e. The Morgan fingerprint density at radius 1 is 1.35 bits per heavy atom. The van der Waals surface area contributed by atoms with Crippen molar-refractivity contribution in [3.8, 4) is 5.75 Å². The van der Waals surface area contributed by atoms with Gasteiger partial charge in [0, 0.05) is 32.2 Å². The average Bonchev–Trinajstić information content (AvgIpc) is 2.43. The van der Waals surface area contributed by atoms with E-state index in [9.17, 15) is 9.50 Å². The molecule has 0 amide bonds. The fourth-order valence-electron chi connectivity index (χ4n) is 3.26. The Morgan fingerprint density at radius 3 is 2.57 bits per heavy atom. The maximum absolute atomic E-state index is 14.0. The molecule has 0 aromatic heterocycles. The summed E-state index contributed by atoms with van der Waals surface area (Å²) in [5, 5.41) is 11.1. The van der Waals surface area contributed by atoms with Crippen LogP contribution in [0.3, 0.4) is 0 Å². The van der Waals surface area contributed by atoms with E-state index in [4.69, 9.17) is 21.1 Å². The van der Waals surface area contributed by atoms with Gasteiger partial charge in [-0.15, -0.1) is 0 Å². The number of piperidine rings is 1. The average molecular weight is 346 g/mol. The van der Waals surface area contributed by atoms with Crippen molar-refractivity contribution in [3.63, 3.8) is 0 Å². The van der Waals surface area contributed by atoms with Crippen LogP contribution < -0.4 is 4.74 Å². The highest BCUT2D eigenvalue weighted by atomic mass is 35.5. The number of likely N-dealkylation sites (tertiary alicyclic amines) is 1. The highest BCUT2D eigenvalue weighted by Gasteiger charge is 2.47. The monoisotopic (exact) mass is 345 g/mol. The molecule has 6 heteroatoms. The molecule has 1 heterocycles. The number of hydrogen-bond acceptors (Lipinski definition) is 4. The van der Waals surface area contributed by atoms with Gasteiger partial charge in [-0.1, -0.05) is 25.4 Å². The fraction of sp³-hybridized carbons (Fsp3) is 0.647. The van der Waals surface area contributed by atoms with E-state index in [1.54, 1.807) is 13.2 Å². The Labute approximate surface area is 142 Å². The van der Waals surface area contributed by atoms with Gasteiger partial charge in [0.25, 0.3) is 0 Å². The molecule has 23 heavy (non-hydrogen) atoms. The highest BCUT2D eigenvalue weighted by molar-refractivity contribution is 6.32. The van der Waals surface area contributed by atoms with Crippen molar-refractivity contribution < 1.29 is 19.0 Å². The summed E-state index contributed by atoms with van der Waals surface area (Å²) < 4.78 is 24.1. The zero-order valence-corrected chi connectivity index (χ0v) is 14.9. The van der Waals surface area contributed by atoms with E-state index in [0.29, 0.717) is 32.7 Å². The lowest BCUT2D eigenvalue weighted by Gasteiger charge is -2.50. The second-order valence-corrected chi connectivity index (χ2v) is 7.31. The second kappa shape index (κ2) is 6.93. The first kappa shape index (κ1) is 18.5. The maximum atomic E-state index is 14.0. The summed E-state index contributed by atoms with van der Waals surface area (Å²) in [6.07, 6.45) is 0.611. The number of ether oxygens (including phenoxy) is 2. The molecule has 130 valence electrons. The number of methoxy groups -OCH3 is 2. The summed E-state index contributed by atoms with van der Waals surface area (Å²) in [6.45, 7) is 6.36. The van der Waals surface area contributed by atoms with Crippen LogP contribution in [-0.2, 0) is 11.3 Å². The van der Waals surface area contributed by atoms with Crippen LogP contribution in [0.2, 0.25) is 5.02 Å². The predicted molar refractivity (Wildman–Crippen MR) is 88.5 cm³/mol. The lowest BCUT2D eigenvalue weighted by Crippen LogP contribution is -2.59. The molecule has 0 saturated carbocycles. The van der Waals surface area contributed by atoms with Crippen LogP contribution in [0.4, 0.5) is 4.39 Å². The lowest BCUT2D eigenvalue weighted by atomic mass is 9.70. The van der Waals surface area contributed by atoms with Crippen LogP contribution in [0, 0.1) is 11.2 Å². The topological polar surface area (TPSA) is 41.9 Å². The van der Waals surface area contributed by atoms with Gasteiger partial charge in [-0.05, 0) is 24.1 Å². The van der Waals surface area contributed by atoms with Crippen molar-refractivity contribution in [2.45, 2.75) is 32.4 Å². The van der Waals surface area contributed by atoms with Crippen LogP contribution in [0.15, 0.2) is 12.1 Å². The third-order valence-corrected chi connectivity index (χ3v) is 5.05. The first-order chi connectivity index (χ1) is 10.7. The van der Waals surface area contributed by atoms with E-state index in [1.807, 2.05) is 13.8 Å². The van der Waals surface area contributed by atoms with Crippen molar-refractivity contribution in [3.05, 3.63) is 28.5 Å². The summed E-state index contributed by atoms with van der Waals surface area (Å²) in [6, 6.07) is 3.18. The third-order valence-electron chi connectivity index (χ3n) is 4.77. The Kier molecular flexibility index (Phi) is 5.56. The van der Waals surface area contributed by atoms with E-state index in [2.05, 4.69) is 4.90 Å². The fourth-order valence-corrected chi connectivity index (χ4v) is 3.57. The van der Waals surface area contributed by atoms with E-state index in [0.717, 1.165) is 5.56 Å². The summed E-state index contributed by atoms with van der Waals surface area (Å²) in [5.41, 5.74) is -0.377. The molecule has 0 radical (unpaired) electrons. The molecular formula is C17H25ClFNO3. The van der Waals surface area contributed by atoms with Crippen LogP contribution in [0.1, 0.15) is 25.8 Å². The van der Waals surface area contributed by atoms with Crippen LogP contribution in [0.5, 0.6) is 5.75 Å². The van der Waals surface area contributed by atoms with E-state index in [1.165, 1.54) is 13.2 Å². The Bertz CT molecular complexity index is 544. The molecule has 1 aromatic carbocycles. The minimum absolute atomic E-state index is 0.0730. The summed E-state index contributed by atoms with van der Waals surface area (Å²) in [7, 11) is 3.00. The molecule has 1 fully saturated rings. The minimum atomic E-state index is -0.846. The van der Waals surface area contributed by atoms with Crippen LogP contribution in [-0.4, -0.2) is 49.5 Å². The summed E-state index contributed by atoms with van der Waals surface area (Å²) in [5.74, 6) is -0.383. The maximum Gasteiger partial charge on any atom is 0.173 e. The third kappa shape index (κ3) is 3.79. The number of hydrogen-bond donors (Lipinski definition) is 1.